The van der Waals surface area contributed by atoms with Gasteiger partial charge in [-0.2, -0.15) is 5.10 Å². The van der Waals surface area contributed by atoms with Gasteiger partial charge in [0, 0.05) is 11.8 Å². The van der Waals surface area contributed by atoms with Crippen molar-refractivity contribution in [3.8, 4) is 11.5 Å². The Morgan fingerprint density at radius 1 is 1.19 bits per heavy atom. The predicted octanol–water partition coefficient (Wildman–Crippen LogP) is 3.75. The molecule has 146 valence electrons. The molecule has 1 aromatic heterocycles. The lowest BCUT2D eigenvalue weighted by molar-refractivity contribution is 0.286. The first-order valence-electron chi connectivity index (χ1n) is 9.36. The summed E-state index contributed by atoms with van der Waals surface area (Å²) in [7, 11) is 1.61. The lowest BCUT2D eigenvalue weighted by atomic mass is 10.2. The van der Waals surface area contributed by atoms with Crippen LogP contribution < -0.4 is 20.5 Å². The standard InChI is InChI=1S/C20H28N4O3/c1-4-6-7-11-27-17-10-9-15(12-18(17)26-3)14-21-24-20-22-16(8-5-2)13-19(25)23-20/h9-10,12-14H,4-8,11H2,1-3H3,(H2,22,23,24,25)/b21-14-. The molecule has 2 rings (SSSR count). The van der Waals surface area contributed by atoms with E-state index in [9.17, 15) is 4.79 Å². The minimum Gasteiger partial charge on any atom is -0.493 e. The number of benzene rings is 1. The topological polar surface area (TPSA) is 88.6 Å². The molecule has 0 aliphatic heterocycles. The molecule has 1 aromatic carbocycles. The molecule has 2 aromatic rings. The van der Waals surface area contributed by atoms with Crippen LogP contribution in [0.4, 0.5) is 5.95 Å². The molecule has 0 fully saturated rings. The van der Waals surface area contributed by atoms with Gasteiger partial charge in [0.2, 0.25) is 5.95 Å². The number of aromatic amines is 1. The first-order valence-corrected chi connectivity index (χ1v) is 9.36. The van der Waals surface area contributed by atoms with Crippen LogP contribution in [0.2, 0.25) is 0 Å². The molecular formula is C20H28N4O3. The van der Waals surface area contributed by atoms with Crippen molar-refractivity contribution in [2.24, 2.45) is 5.10 Å². The molecule has 7 nitrogen and oxygen atoms in total. The molecule has 2 N–H and O–H groups in total. The number of unbranched alkanes of at least 4 members (excludes halogenated alkanes) is 2. The molecule has 27 heavy (non-hydrogen) atoms. The quantitative estimate of drug-likeness (QED) is 0.356. The highest BCUT2D eigenvalue weighted by molar-refractivity contribution is 5.81. The maximum atomic E-state index is 11.6. The van der Waals surface area contributed by atoms with Crippen molar-refractivity contribution in [2.45, 2.75) is 46.0 Å². The zero-order chi connectivity index (χ0) is 19.5. The number of anilines is 1. The average Bonchev–Trinajstić information content (AvgIpc) is 2.66. The van der Waals surface area contributed by atoms with Crippen LogP contribution in [0.1, 0.15) is 50.8 Å². The van der Waals surface area contributed by atoms with E-state index in [1.165, 1.54) is 6.07 Å². The summed E-state index contributed by atoms with van der Waals surface area (Å²) in [6.07, 6.45) is 6.63. The Bertz CT molecular complexity index is 802. The molecule has 1 heterocycles. The number of hydrazone groups is 1. The van der Waals surface area contributed by atoms with Crippen LogP contribution in [0.25, 0.3) is 0 Å². The van der Waals surface area contributed by atoms with Gasteiger partial charge in [-0.1, -0.05) is 33.1 Å². The normalized spacial score (nSPS) is 10.9. The number of rotatable bonds is 11. The van der Waals surface area contributed by atoms with Gasteiger partial charge in [0.05, 0.1) is 19.9 Å². The number of H-pyrrole nitrogens is 1. The van der Waals surface area contributed by atoms with Crippen LogP contribution >= 0.6 is 0 Å². The Balaban J connectivity index is 2.01. The number of hydrogen-bond donors (Lipinski definition) is 2. The summed E-state index contributed by atoms with van der Waals surface area (Å²) in [5.74, 6) is 1.70. The molecule has 0 saturated heterocycles. The van der Waals surface area contributed by atoms with E-state index in [1.807, 2.05) is 25.1 Å². The molecule has 0 aliphatic carbocycles. The number of nitrogens with zero attached hydrogens (tertiary/aromatic N) is 2. The number of nitrogens with one attached hydrogen (secondary N) is 2. The van der Waals surface area contributed by atoms with Crippen LogP contribution in [0.5, 0.6) is 11.5 Å². The van der Waals surface area contributed by atoms with Gasteiger partial charge in [-0.25, -0.2) is 10.4 Å². The fourth-order valence-corrected chi connectivity index (χ4v) is 2.53. The van der Waals surface area contributed by atoms with E-state index in [1.54, 1.807) is 13.3 Å². The van der Waals surface area contributed by atoms with Crippen molar-refractivity contribution in [2.75, 3.05) is 19.1 Å². The van der Waals surface area contributed by atoms with E-state index in [4.69, 9.17) is 9.47 Å². The molecule has 0 amide bonds. The summed E-state index contributed by atoms with van der Waals surface area (Å²) in [5.41, 5.74) is 4.15. The average molecular weight is 372 g/mol. The molecule has 0 atom stereocenters. The smallest absolute Gasteiger partial charge is 0.252 e. The van der Waals surface area contributed by atoms with E-state index >= 15 is 0 Å². The number of methoxy groups -OCH3 is 1. The summed E-state index contributed by atoms with van der Waals surface area (Å²) < 4.78 is 11.2. The highest BCUT2D eigenvalue weighted by Crippen LogP contribution is 2.27. The highest BCUT2D eigenvalue weighted by atomic mass is 16.5. The first-order chi connectivity index (χ1) is 13.2. The zero-order valence-corrected chi connectivity index (χ0v) is 16.2. The fraction of sp³-hybridized carbons (Fsp3) is 0.450. The van der Waals surface area contributed by atoms with Crippen LogP contribution in [0, 0.1) is 0 Å². The highest BCUT2D eigenvalue weighted by Gasteiger charge is 2.05. The molecule has 0 bridgehead atoms. The van der Waals surface area contributed by atoms with E-state index in [-0.39, 0.29) is 5.56 Å². The molecule has 0 spiro atoms. The Hall–Kier alpha value is -2.83. The van der Waals surface area contributed by atoms with Crippen LogP contribution in [0.3, 0.4) is 0 Å². The van der Waals surface area contributed by atoms with Crippen molar-refractivity contribution >= 4 is 12.2 Å². The molecule has 7 heteroatoms. The summed E-state index contributed by atoms with van der Waals surface area (Å²) in [4.78, 5) is 18.6. The van der Waals surface area contributed by atoms with Gasteiger partial charge >= 0.3 is 0 Å². The van der Waals surface area contributed by atoms with Gasteiger partial charge in [-0.3, -0.25) is 9.78 Å². The Kier molecular flexibility index (Phi) is 8.35. The Labute approximate surface area is 159 Å². The third kappa shape index (κ3) is 6.77. The molecule has 0 unspecified atom stereocenters. The van der Waals surface area contributed by atoms with E-state index < -0.39 is 0 Å². The molecule has 0 aliphatic rings. The second-order valence-electron chi connectivity index (χ2n) is 6.17. The van der Waals surface area contributed by atoms with E-state index in [0.29, 0.717) is 18.3 Å². The lowest BCUT2D eigenvalue weighted by Gasteiger charge is -2.11. The Morgan fingerprint density at radius 2 is 2.04 bits per heavy atom. The number of ether oxygens (including phenoxy) is 2. The molecule has 0 radical (unpaired) electrons. The van der Waals surface area contributed by atoms with E-state index in [0.717, 1.165) is 49.1 Å². The second-order valence-corrected chi connectivity index (χ2v) is 6.17. The Morgan fingerprint density at radius 3 is 2.78 bits per heavy atom. The third-order valence-electron chi connectivity index (χ3n) is 3.88. The summed E-state index contributed by atoms with van der Waals surface area (Å²) in [6.45, 7) is 4.87. The SMILES string of the molecule is CCCCCOc1ccc(/C=N\Nc2nc(CCC)cc(=O)[nH]2)cc1OC. The summed E-state index contributed by atoms with van der Waals surface area (Å²) in [6, 6.07) is 7.12. The summed E-state index contributed by atoms with van der Waals surface area (Å²) >= 11 is 0. The van der Waals surface area contributed by atoms with E-state index in [2.05, 4.69) is 27.4 Å². The minimum atomic E-state index is -0.197. The number of hydrogen-bond acceptors (Lipinski definition) is 6. The second kappa shape index (κ2) is 11.0. The molecule has 0 saturated carbocycles. The fourth-order valence-electron chi connectivity index (χ4n) is 2.53. The number of aromatic nitrogens is 2. The van der Waals surface area contributed by atoms with Crippen LogP contribution in [-0.4, -0.2) is 29.9 Å². The maximum absolute atomic E-state index is 11.6. The van der Waals surface area contributed by atoms with Crippen molar-refractivity contribution in [1.82, 2.24) is 9.97 Å². The van der Waals surface area contributed by atoms with Crippen molar-refractivity contribution in [3.05, 3.63) is 45.9 Å². The number of aryl methyl sites for hydroxylation is 1. The third-order valence-corrected chi connectivity index (χ3v) is 3.88. The maximum Gasteiger partial charge on any atom is 0.252 e. The van der Waals surface area contributed by atoms with Gasteiger partial charge in [-0.15, -0.1) is 0 Å². The predicted molar refractivity (Wildman–Crippen MR) is 108 cm³/mol. The van der Waals surface area contributed by atoms with Crippen molar-refractivity contribution in [1.29, 1.82) is 0 Å². The molecular weight excluding hydrogens is 344 g/mol. The van der Waals surface area contributed by atoms with Gasteiger partial charge in [0.25, 0.3) is 5.56 Å². The van der Waals surface area contributed by atoms with Gasteiger partial charge < -0.3 is 9.47 Å². The van der Waals surface area contributed by atoms with Crippen LogP contribution in [-0.2, 0) is 6.42 Å². The van der Waals surface area contributed by atoms with Crippen molar-refractivity contribution < 1.29 is 9.47 Å². The van der Waals surface area contributed by atoms with Gasteiger partial charge in [-0.05, 0) is 36.6 Å². The van der Waals surface area contributed by atoms with Crippen LogP contribution in [0.15, 0.2) is 34.2 Å². The van der Waals surface area contributed by atoms with Crippen molar-refractivity contribution in [3.63, 3.8) is 0 Å². The largest absolute Gasteiger partial charge is 0.493 e. The minimum absolute atomic E-state index is 0.197. The monoisotopic (exact) mass is 372 g/mol. The van der Waals surface area contributed by atoms with Gasteiger partial charge in [0.15, 0.2) is 11.5 Å². The summed E-state index contributed by atoms with van der Waals surface area (Å²) in [5, 5.41) is 4.14. The first kappa shape index (κ1) is 20.5. The lowest BCUT2D eigenvalue weighted by Crippen LogP contribution is -2.12. The van der Waals surface area contributed by atoms with Gasteiger partial charge in [0.1, 0.15) is 0 Å². The zero-order valence-electron chi connectivity index (χ0n) is 16.2.